The van der Waals surface area contributed by atoms with E-state index in [1.54, 1.807) is 18.2 Å². The van der Waals surface area contributed by atoms with Crippen LogP contribution in [0, 0.1) is 0 Å². The molecule has 6 heteroatoms. The zero-order valence-electron chi connectivity index (χ0n) is 6.96. The minimum absolute atomic E-state index is 0.106. The molecule has 14 heavy (non-hydrogen) atoms. The van der Waals surface area contributed by atoms with E-state index >= 15 is 0 Å². The van der Waals surface area contributed by atoms with E-state index in [-0.39, 0.29) is 6.54 Å². The highest BCUT2D eigenvalue weighted by Gasteiger charge is 2.01. The van der Waals surface area contributed by atoms with Gasteiger partial charge in [-0.1, -0.05) is 23.2 Å². The first-order chi connectivity index (χ1) is 6.59. The summed E-state index contributed by atoms with van der Waals surface area (Å²) in [5.41, 5.74) is 0. The van der Waals surface area contributed by atoms with Crippen LogP contribution in [0.1, 0.15) is 0 Å². The largest absolute Gasteiger partial charge is 0.480 e. The monoisotopic (exact) mass is 251 g/mol. The number of rotatable bonds is 4. The number of hydrogen-bond acceptors (Lipinski definition) is 3. The second-order valence-corrected chi connectivity index (χ2v) is 4.17. The van der Waals surface area contributed by atoms with Crippen molar-refractivity contribution in [1.82, 2.24) is 4.72 Å². The zero-order chi connectivity index (χ0) is 10.6. The molecule has 0 saturated heterocycles. The fourth-order valence-electron chi connectivity index (χ4n) is 0.722. The summed E-state index contributed by atoms with van der Waals surface area (Å²) in [6, 6.07) is 5.09. The van der Waals surface area contributed by atoms with Gasteiger partial charge in [0, 0.05) is 4.90 Å². The minimum atomic E-state index is -0.905. The second-order valence-electron chi connectivity index (χ2n) is 2.39. The minimum Gasteiger partial charge on any atom is -0.480 e. The molecule has 0 aromatic heterocycles. The van der Waals surface area contributed by atoms with E-state index < -0.39 is 5.97 Å². The second kappa shape index (κ2) is 5.46. The molecule has 0 spiro atoms. The van der Waals surface area contributed by atoms with Crippen LogP contribution in [0.2, 0.25) is 10.0 Å². The van der Waals surface area contributed by atoms with Crippen molar-refractivity contribution in [3.05, 3.63) is 28.2 Å². The standard InChI is InChI=1S/C8H7Cl2NO2S/c9-6-2-1-5(3-7(6)10)14-11-4-8(12)13/h1-3,11H,4H2,(H,12,13). The number of benzene rings is 1. The molecule has 0 unspecified atom stereocenters. The zero-order valence-corrected chi connectivity index (χ0v) is 9.29. The Morgan fingerprint density at radius 2 is 2.14 bits per heavy atom. The normalized spacial score (nSPS) is 10.1. The van der Waals surface area contributed by atoms with Gasteiger partial charge in [-0.05, 0) is 30.1 Å². The Hall–Kier alpha value is -0.420. The summed E-state index contributed by atoms with van der Waals surface area (Å²) < 4.78 is 2.66. The molecule has 3 nitrogen and oxygen atoms in total. The van der Waals surface area contributed by atoms with Gasteiger partial charge in [-0.2, -0.15) is 0 Å². The molecule has 0 amide bonds. The van der Waals surface area contributed by atoms with Crippen LogP contribution in [0.4, 0.5) is 0 Å². The number of halogens is 2. The molecule has 1 aromatic carbocycles. The maximum Gasteiger partial charge on any atom is 0.318 e. The summed E-state index contributed by atoms with van der Waals surface area (Å²) in [5, 5.41) is 9.30. The maximum atomic E-state index is 10.2. The average molecular weight is 252 g/mol. The van der Waals surface area contributed by atoms with Gasteiger partial charge < -0.3 is 5.11 Å². The third-order valence-corrected chi connectivity index (χ3v) is 2.82. The van der Waals surface area contributed by atoms with Crippen molar-refractivity contribution in [1.29, 1.82) is 0 Å². The highest BCUT2D eigenvalue weighted by atomic mass is 35.5. The molecule has 2 N–H and O–H groups in total. The first kappa shape index (κ1) is 11.7. The van der Waals surface area contributed by atoms with E-state index in [4.69, 9.17) is 28.3 Å². The quantitative estimate of drug-likeness (QED) is 0.809. The highest BCUT2D eigenvalue weighted by molar-refractivity contribution is 7.97. The van der Waals surface area contributed by atoms with Crippen LogP contribution in [0.3, 0.4) is 0 Å². The molecule has 0 aliphatic carbocycles. The summed E-state index contributed by atoms with van der Waals surface area (Å²) in [5.74, 6) is -0.905. The summed E-state index contributed by atoms with van der Waals surface area (Å²) in [6.07, 6.45) is 0. The molecule has 0 saturated carbocycles. The van der Waals surface area contributed by atoms with Crippen LogP contribution < -0.4 is 4.72 Å². The predicted molar refractivity (Wildman–Crippen MR) is 58.0 cm³/mol. The van der Waals surface area contributed by atoms with Crippen molar-refractivity contribution in [2.45, 2.75) is 4.90 Å². The summed E-state index contributed by atoms with van der Waals surface area (Å²) in [6.45, 7) is -0.106. The Bertz CT molecular complexity index is 346. The van der Waals surface area contributed by atoms with Crippen molar-refractivity contribution in [2.24, 2.45) is 0 Å². The van der Waals surface area contributed by atoms with Crippen molar-refractivity contribution >= 4 is 41.1 Å². The van der Waals surface area contributed by atoms with E-state index in [0.29, 0.717) is 10.0 Å². The summed E-state index contributed by atoms with van der Waals surface area (Å²) >= 11 is 12.7. The number of aliphatic carboxylic acids is 1. The smallest absolute Gasteiger partial charge is 0.318 e. The van der Waals surface area contributed by atoms with E-state index in [2.05, 4.69) is 4.72 Å². The Balaban J connectivity index is 2.51. The molecular formula is C8H7Cl2NO2S. The molecule has 1 aromatic rings. The number of carbonyl (C=O) groups is 1. The highest BCUT2D eigenvalue weighted by Crippen LogP contribution is 2.26. The SMILES string of the molecule is O=C(O)CNSc1ccc(Cl)c(Cl)c1. The molecule has 0 bridgehead atoms. The molecule has 76 valence electrons. The molecule has 0 aliphatic rings. The van der Waals surface area contributed by atoms with Crippen LogP contribution in [-0.4, -0.2) is 17.6 Å². The third-order valence-electron chi connectivity index (χ3n) is 1.30. The van der Waals surface area contributed by atoms with Crippen molar-refractivity contribution in [2.75, 3.05) is 6.54 Å². The number of hydrogen-bond donors (Lipinski definition) is 2. The van der Waals surface area contributed by atoms with Gasteiger partial charge in [0.1, 0.15) is 6.54 Å². The average Bonchev–Trinajstić information content (AvgIpc) is 2.10. The summed E-state index contributed by atoms with van der Waals surface area (Å²) in [4.78, 5) is 11.0. The molecule has 0 fully saturated rings. The molecule has 0 radical (unpaired) electrons. The number of carboxylic acid groups (broad SMARTS) is 1. The molecule has 0 heterocycles. The van der Waals surface area contributed by atoms with Gasteiger partial charge in [0.15, 0.2) is 0 Å². The first-order valence-electron chi connectivity index (χ1n) is 3.66. The Morgan fingerprint density at radius 3 is 2.71 bits per heavy atom. The molecule has 0 aliphatic heterocycles. The lowest BCUT2D eigenvalue weighted by Gasteiger charge is -2.02. The summed E-state index contributed by atoms with van der Waals surface area (Å²) in [7, 11) is 0. The van der Waals surface area contributed by atoms with Gasteiger partial charge in [-0.15, -0.1) is 0 Å². The Kier molecular flexibility index (Phi) is 4.54. The Labute approximate surface area is 95.5 Å². The topological polar surface area (TPSA) is 49.3 Å². The predicted octanol–water partition coefficient (Wildman–Crippen LogP) is 2.67. The number of carboxylic acids is 1. The van der Waals surface area contributed by atoms with Gasteiger partial charge in [-0.25, -0.2) is 4.72 Å². The van der Waals surface area contributed by atoms with Crippen LogP contribution in [-0.2, 0) is 4.79 Å². The van der Waals surface area contributed by atoms with Gasteiger partial charge in [0.05, 0.1) is 10.0 Å². The molecular weight excluding hydrogens is 245 g/mol. The van der Waals surface area contributed by atoms with Gasteiger partial charge >= 0.3 is 5.97 Å². The molecule has 0 atom stereocenters. The lowest BCUT2D eigenvalue weighted by molar-refractivity contribution is -0.135. The maximum absolute atomic E-state index is 10.2. The Morgan fingerprint density at radius 1 is 1.43 bits per heavy atom. The van der Waals surface area contributed by atoms with E-state index in [9.17, 15) is 4.79 Å². The van der Waals surface area contributed by atoms with Gasteiger partial charge in [0.2, 0.25) is 0 Å². The van der Waals surface area contributed by atoms with Crippen molar-refractivity contribution in [3.8, 4) is 0 Å². The van der Waals surface area contributed by atoms with E-state index in [0.717, 1.165) is 4.90 Å². The number of nitrogens with one attached hydrogen (secondary N) is 1. The van der Waals surface area contributed by atoms with Gasteiger partial charge in [-0.3, -0.25) is 4.79 Å². The fourth-order valence-corrected chi connectivity index (χ4v) is 1.76. The van der Waals surface area contributed by atoms with Crippen molar-refractivity contribution < 1.29 is 9.90 Å². The van der Waals surface area contributed by atoms with Crippen LogP contribution in [0.15, 0.2) is 23.1 Å². The molecule has 1 rings (SSSR count). The third kappa shape index (κ3) is 3.75. The fraction of sp³-hybridized carbons (Fsp3) is 0.125. The van der Waals surface area contributed by atoms with Crippen LogP contribution >= 0.6 is 35.1 Å². The lowest BCUT2D eigenvalue weighted by Crippen LogP contribution is -2.15. The van der Waals surface area contributed by atoms with Crippen molar-refractivity contribution in [3.63, 3.8) is 0 Å². The first-order valence-corrected chi connectivity index (χ1v) is 5.23. The van der Waals surface area contributed by atoms with E-state index in [1.807, 2.05) is 0 Å². The van der Waals surface area contributed by atoms with Crippen LogP contribution in [0.25, 0.3) is 0 Å². The lowest BCUT2D eigenvalue weighted by atomic mass is 10.4. The van der Waals surface area contributed by atoms with Crippen LogP contribution in [0.5, 0.6) is 0 Å². The van der Waals surface area contributed by atoms with E-state index in [1.165, 1.54) is 11.9 Å². The van der Waals surface area contributed by atoms with Gasteiger partial charge in [0.25, 0.3) is 0 Å².